The lowest BCUT2D eigenvalue weighted by molar-refractivity contribution is -0.334. The van der Waals surface area contributed by atoms with Crippen LogP contribution in [0.2, 0.25) is 0 Å². The standard InChI is InChI=1S/C31H51NO8/c1-16-25(35)24(32(4)5)26(36)28(38-16)39-18-8-11-29(2)17(14-18)6-7-22-21(29)9-12-30(3)20-10-13-31(22,30)40-27(37)19(20)15-23(33)34/h16-22,24-28,35-37H,6-15H2,1-5H3,(H,33,34)/t16-,17-,18+,19+,20-,21+,22-,24-,25-,26+,27-,28-,29+,30-,31+/m1/s1. The Morgan fingerprint density at radius 1 is 0.950 bits per heavy atom. The molecule has 0 radical (unpaired) electrons. The minimum atomic E-state index is -1.00. The zero-order valence-electron chi connectivity index (χ0n) is 24.9. The van der Waals surface area contributed by atoms with Gasteiger partial charge in [0.2, 0.25) is 0 Å². The van der Waals surface area contributed by atoms with E-state index in [9.17, 15) is 25.2 Å². The van der Waals surface area contributed by atoms with Gasteiger partial charge in [-0.05, 0) is 108 Å². The second kappa shape index (κ2) is 10.1. The van der Waals surface area contributed by atoms with Crippen LogP contribution in [0.15, 0.2) is 0 Å². The first kappa shape index (κ1) is 29.3. The molecule has 0 spiro atoms. The summed E-state index contributed by atoms with van der Waals surface area (Å²) in [5.41, 5.74) is -0.296. The summed E-state index contributed by atoms with van der Waals surface area (Å²) >= 11 is 0. The highest BCUT2D eigenvalue weighted by Gasteiger charge is 2.72. The van der Waals surface area contributed by atoms with E-state index in [1.807, 2.05) is 25.9 Å². The Bertz CT molecular complexity index is 979. The fourth-order valence-electron chi connectivity index (χ4n) is 11.2. The topological polar surface area (TPSA) is 129 Å². The van der Waals surface area contributed by atoms with Gasteiger partial charge >= 0.3 is 5.97 Å². The molecule has 0 amide bonds. The molecule has 9 nitrogen and oxygen atoms in total. The summed E-state index contributed by atoms with van der Waals surface area (Å²) in [7, 11) is 3.72. The lowest BCUT2D eigenvalue weighted by Crippen LogP contribution is -2.67. The summed E-state index contributed by atoms with van der Waals surface area (Å²) < 4.78 is 19.1. The van der Waals surface area contributed by atoms with E-state index in [4.69, 9.17) is 14.2 Å². The van der Waals surface area contributed by atoms with Gasteiger partial charge in [-0.1, -0.05) is 13.8 Å². The van der Waals surface area contributed by atoms with Crippen LogP contribution in [0, 0.1) is 40.4 Å². The number of fused-ring (bicyclic) bond motifs is 3. The monoisotopic (exact) mass is 565 g/mol. The molecule has 4 aliphatic carbocycles. The molecule has 6 aliphatic rings. The van der Waals surface area contributed by atoms with Crippen molar-refractivity contribution < 1.29 is 39.4 Å². The summed E-state index contributed by atoms with van der Waals surface area (Å²) in [5.74, 6) is 0.394. The van der Waals surface area contributed by atoms with Crippen LogP contribution < -0.4 is 0 Å². The molecule has 0 aromatic rings. The van der Waals surface area contributed by atoms with Crippen LogP contribution in [-0.4, -0.2) is 94.0 Å². The van der Waals surface area contributed by atoms with Crippen molar-refractivity contribution in [2.24, 2.45) is 40.4 Å². The zero-order chi connectivity index (χ0) is 28.8. The third-order valence-electron chi connectivity index (χ3n) is 13.2. The van der Waals surface area contributed by atoms with Crippen molar-refractivity contribution >= 4 is 5.97 Å². The van der Waals surface area contributed by atoms with Gasteiger partial charge in [0.15, 0.2) is 12.6 Å². The van der Waals surface area contributed by atoms with E-state index in [1.165, 1.54) is 0 Å². The van der Waals surface area contributed by atoms with Gasteiger partial charge in [-0.3, -0.25) is 4.79 Å². The van der Waals surface area contributed by atoms with Gasteiger partial charge in [-0.15, -0.1) is 0 Å². The number of nitrogens with zero attached hydrogens (tertiary/aromatic N) is 1. The van der Waals surface area contributed by atoms with Crippen LogP contribution in [0.1, 0.15) is 85.0 Å². The number of carbonyl (C=O) groups is 1. The molecule has 2 saturated heterocycles. The van der Waals surface area contributed by atoms with E-state index in [0.717, 1.165) is 57.8 Å². The molecule has 2 heterocycles. The second-order valence-electron chi connectivity index (χ2n) is 14.9. The van der Waals surface area contributed by atoms with Crippen molar-refractivity contribution in [3.05, 3.63) is 0 Å². The molecule has 0 aromatic heterocycles. The van der Waals surface area contributed by atoms with Crippen molar-refractivity contribution in [3.63, 3.8) is 0 Å². The Labute approximate surface area is 238 Å². The molecule has 0 aromatic carbocycles. The normalized spacial score (nSPS) is 55.8. The van der Waals surface area contributed by atoms with Crippen molar-refractivity contribution in [2.45, 2.75) is 134 Å². The van der Waals surface area contributed by atoms with Gasteiger partial charge in [-0.2, -0.15) is 0 Å². The van der Waals surface area contributed by atoms with E-state index in [2.05, 4.69) is 13.8 Å². The minimum absolute atomic E-state index is 0.00643. The molecular formula is C31H51NO8. The average Bonchev–Trinajstić information content (AvgIpc) is 3.09. The van der Waals surface area contributed by atoms with Crippen LogP contribution in [0.5, 0.6) is 0 Å². The largest absolute Gasteiger partial charge is 0.481 e. The van der Waals surface area contributed by atoms with Crippen molar-refractivity contribution in [1.82, 2.24) is 4.90 Å². The van der Waals surface area contributed by atoms with E-state index >= 15 is 0 Å². The quantitative estimate of drug-likeness (QED) is 0.372. The fourth-order valence-corrected chi connectivity index (χ4v) is 11.2. The lowest BCUT2D eigenvalue weighted by atomic mass is 9.42. The number of hydrogen-bond donors (Lipinski definition) is 4. The van der Waals surface area contributed by atoms with E-state index < -0.39 is 42.9 Å². The molecule has 228 valence electrons. The number of carboxylic acid groups (broad SMARTS) is 1. The van der Waals surface area contributed by atoms with Crippen molar-refractivity contribution in [1.29, 1.82) is 0 Å². The van der Waals surface area contributed by atoms with Gasteiger partial charge in [0.1, 0.15) is 6.10 Å². The number of aliphatic hydroxyl groups excluding tert-OH is 3. The summed E-state index contributed by atoms with van der Waals surface area (Å²) in [4.78, 5) is 13.5. The molecule has 15 atom stereocenters. The molecule has 4 N–H and O–H groups in total. The van der Waals surface area contributed by atoms with Gasteiger partial charge < -0.3 is 39.5 Å². The maximum atomic E-state index is 11.6. The van der Waals surface area contributed by atoms with E-state index in [-0.39, 0.29) is 40.8 Å². The summed E-state index contributed by atoms with van der Waals surface area (Å²) in [6.45, 7) is 6.63. The highest BCUT2D eigenvalue weighted by Crippen LogP contribution is 2.73. The predicted octanol–water partition coefficient (Wildman–Crippen LogP) is 2.99. The zero-order valence-corrected chi connectivity index (χ0v) is 24.9. The summed E-state index contributed by atoms with van der Waals surface area (Å²) in [6, 6.07) is -0.440. The number of hydrogen-bond acceptors (Lipinski definition) is 8. The maximum absolute atomic E-state index is 11.6. The van der Waals surface area contributed by atoms with Crippen molar-refractivity contribution in [3.8, 4) is 0 Å². The van der Waals surface area contributed by atoms with Gasteiger partial charge in [-0.25, -0.2) is 0 Å². The maximum Gasteiger partial charge on any atom is 0.303 e. The average molecular weight is 566 g/mol. The molecule has 40 heavy (non-hydrogen) atoms. The molecule has 9 heteroatoms. The Hall–Kier alpha value is -0.810. The van der Waals surface area contributed by atoms with Crippen molar-refractivity contribution in [2.75, 3.05) is 14.1 Å². The number of ether oxygens (including phenoxy) is 3. The number of aliphatic hydroxyl groups is 3. The number of aliphatic carboxylic acids is 1. The third kappa shape index (κ3) is 4.16. The molecule has 2 bridgehead atoms. The predicted molar refractivity (Wildman–Crippen MR) is 146 cm³/mol. The van der Waals surface area contributed by atoms with E-state index in [0.29, 0.717) is 17.8 Å². The van der Waals surface area contributed by atoms with Crippen LogP contribution >= 0.6 is 0 Å². The number of rotatable bonds is 5. The number of carboxylic acids is 1. The molecule has 0 unspecified atom stereocenters. The third-order valence-corrected chi connectivity index (χ3v) is 13.2. The smallest absolute Gasteiger partial charge is 0.303 e. The summed E-state index contributed by atoms with van der Waals surface area (Å²) in [5, 5.41) is 42.2. The summed E-state index contributed by atoms with van der Waals surface area (Å²) in [6.07, 6.45) is 5.15. The first-order chi connectivity index (χ1) is 18.8. The minimum Gasteiger partial charge on any atom is -0.481 e. The van der Waals surface area contributed by atoms with Gasteiger partial charge in [0.25, 0.3) is 0 Å². The first-order valence-electron chi connectivity index (χ1n) is 15.7. The Morgan fingerprint density at radius 2 is 1.68 bits per heavy atom. The second-order valence-corrected chi connectivity index (χ2v) is 14.9. The molecular weight excluding hydrogens is 514 g/mol. The van der Waals surface area contributed by atoms with Crippen LogP contribution in [0.3, 0.4) is 0 Å². The number of likely N-dealkylation sites (N-methyl/N-ethyl adjacent to an activating group) is 1. The van der Waals surface area contributed by atoms with Crippen LogP contribution in [-0.2, 0) is 19.0 Å². The molecule has 6 fully saturated rings. The molecule has 6 rings (SSSR count). The highest BCUT2D eigenvalue weighted by molar-refractivity contribution is 5.67. The SMILES string of the molecule is C[C@H]1O[C@H](O[C@H]2CC[C@@]3(C)[C@H](CC[C@@H]4[C@@H]3CC[C@]3(C)[C@@H]5CC[C@]43O[C@@H](O)[C@H]5CC(=O)O)C2)[C@@H](O)[C@H](N(C)C)[C@@H]1O. The lowest BCUT2D eigenvalue weighted by Gasteiger charge is -2.67. The molecule has 2 aliphatic heterocycles. The Kier molecular flexibility index (Phi) is 7.42. The molecule has 4 saturated carbocycles. The van der Waals surface area contributed by atoms with Crippen LogP contribution in [0.4, 0.5) is 0 Å². The fraction of sp³-hybridized carbons (Fsp3) is 0.968. The van der Waals surface area contributed by atoms with E-state index in [1.54, 1.807) is 0 Å². The highest BCUT2D eigenvalue weighted by atomic mass is 16.7. The first-order valence-corrected chi connectivity index (χ1v) is 15.7. The van der Waals surface area contributed by atoms with Crippen LogP contribution in [0.25, 0.3) is 0 Å². The van der Waals surface area contributed by atoms with Gasteiger partial charge in [0.05, 0.1) is 36.4 Å². The van der Waals surface area contributed by atoms with Gasteiger partial charge in [0, 0.05) is 11.3 Å². The Morgan fingerprint density at radius 3 is 2.38 bits per heavy atom. The Balaban J connectivity index is 1.17.